The summed E-state index contributed by atoms with van der Waals surface area (Å²) in [4.78, 5) is 16.6. The zero-order valence-electron chi connectivity index (χ0n) is 6.59. The molecule has 1 rings (SSSR count). The fraction of sp³-hybridized carbons (Fsp3) is 1.00. The molecule has 1 saturated heterocycles. The van der Waals surface area contributed by atoms with Crippen LogP contribution in [0.4, 0.5) is 0 Å². The second kappa shape index (κ2) is 5.69. The van der Waals surface area contributed by atoms with Crippen LogP contribution in [-0.4, -0.2) is 48.9 Å². The first kappa shape index (κ1) is 12.1. The summed E-state index contributed by atoms with van der Waals surface area (Å²) in [6, 6.07) is 0. The average molecular weight is 194 g/mol. The van der Waals surface area contributed by atoms with Gasteiger partial charge in [-0.05, 0) is 0 Å². The predicted molar refractivity (Wildman–Crippen MR) is 44.4 cm³/mol. The molecule has 0 saturated carbocycles. The van der Waals surface area contributed by atoms with Crippen LogP contribution in [0.5, 0.6) is 0 Å². The second-order valence-corrected chi connectivity index (χ2v) is 3.42. The lowest BCUT2D eigenvalue weighted by Crippen LogP contribution is -2.33. The molecule has 70 valence electrons. The van der Waals surface area contributed by atoms with Crippen molar-refractivity contribution in [2.24, 2.45) is 5.50 Å². The summed E-state index contributed by atoms with van der Waals surface area (Å²) in [6.07, 6.45) is 0. The number of nitrogens with two attached hydrogens (primary N) is 1. The van der Waals surface area contributed by atoms with Crippen LogP contribution < -0.4 is 5.50 Å². The molecule has 0 unspecified atom stereocenters. The molecule has 4 N–H and O–H groups in total. The maximum absolute atomic E-state index is 9.10. The third kappa shape index (κ3) is 12.7. The minimum absolute atomic E-state index is 0.788. The third-order valence-corrected chi connectivity index (χ3v) is 1.05. The van der Waals surface area contributed by atoms with Gasteiger partial charge >= 0.3 is 7.75 Å². The van der Waals surface area contributed by atoms with Gasteiger partial charge in [-0.3, -0.25) is 0 Å². The highest BCUT2D eigenvalue weighted by Gasteiger charge is 2.01. The van der Waals surface area contributed by atoms with E-state index in [0.29, 0.717) is 0 Å². The Labute approximate surface area is 72.3 Å². The molecule has 1 aliphatic rings. The van der Waals surface area contributed by atoms with Crippen LogP contribution in [0.2, 0.25) is 0 Å². The van der Waals surface area contributed by atoms with E-state index in [1.807, 2.05) is 0 Å². The molecule has 8 heteroatoms. The number of nitrogens with zero attached hydrogens (tertiary/aromatic N) is 1. The van der Waals surface area contributed by atoms with Crippen LogP contribution in [0.1, 0.15) is 0 Å². The highest BCUT2D eigenvalue weighted by Crippen LogP contribution is 2.20. The summed E-state index contributed by atoms with van der Waals surface area (Å²) < 4.78 is 14.1. The minimum atomic E-state index is -4.14. The number of hydrogen-bond donors (Lipinski definition) is 3. The summed E-state index contributed by atoms with van der Waals surface area (Å²) in [7, 11) is 1.25. The Morgan fingerprint density at radius 1 is 1.42 bits per heavy atom. The van der Waals surface area contributed by atoms with Gasteiger partial charge in [-0.1, -0.05) is 0 Å². The Kier molecular flexibility index (Phi) is 5.74. The van der Waals surface area contributed by atoms with E-state index in [1.165, 1.54) is 0 Å². The fourth-order valence-corrected chi connectivity index (χ4v) is 0.577. The van der Waals surface area contributed by atoms with E-state index < -0.39 is 7.75 Å². The standard InChI is InChI=1S/C4H8BNO.H4NO3P/c5-6-1-3-7-4-2-6;1-5(2,3)4/h1-4H2;(H4,1,2,3,4). The van der Waals surface area contributed by atoms with Crippen LogP contribution in [0.3, 0.4) is 0 Å². The highest BCUT2D eigenvalue weighted by molar-refractivity contribution is 7.49. The normalized spacial score (nSPS) is 19.6. The van der Waals surface area contributed by atoms with Gasteiger partial charge in [0.25, 0.3) is 0 Å². The van der Waals surface area contributed by atoms with Crippen molar-refractivity contribution < 1.29 is 19.1 Å². The fourth-order valence-electron chi connectivity index (χ4n) is 0.577. The summed E-state index contributed by atoms with van der Waals surface area (Å²) in [5.74, 6) is 0. The second-order valence-electron chi connectivity index (χ2n) is 2.24. The molecule has 0 amide bonds. The predicted octanol–water partition coefficient (Wildman–Crippen LogP) is -1.56. The molecule has 1 aliphatic heterocycles. The molecule has 0 atom stereocenters. The van der Waals surface area contributed by atoms with E-state index in [0.717, 1.165) is 26.3 Å². The van der Waals surface area contributed by atoms with E-state index in [9.17, 15) is 0 Å². The smallest absolute Gasteiger partial charge is 0.379 e. The first-order valence-corrected chi connectivity index (χ1v) is 4.99. The molecule has 0 aliphatic carbocycles. The SMILES string of the molecule is NP(=O)(O)O.[B]N1CCOCC1. The summed E-state index contributed by atoms with van der Waals surface area (Å²) in [5.41, 5.74) is 4.02. The first-order valence-electron chi connectivity index (χ1n) is 3.31. The largest absolute Gasteiger partial charge is 0.397 e. The number of morpholine rings is 1. The molecule has 6 nitrogen and oxygen atoms in total. The zero-order chi connectivity index (χ0) is 9.61. The Hall–Kier alpha value is 0.0949. The van der Waals surface area contributed by atoms with Crippen molar-refractivity contribution in [3.8, 4) is 0 Å². The molecule has 2 radical (unpaired) electrons. The van der Waals surface area contributed by atoms with Gasteiger partial charge in [0.1, 0.15) is 0 Å². The van der Waals surface area contributed by atoms with Gasteiger partial charge in [-0.2, -0.15) is 0 Å². The topological polar surface area (TPSA) is 96.0 Å². The number of hydrogen-bond acceptors (Lipinski definition) is 3. The molecular weight excluding hydrogens is 182 g/mol. The summed E-state index contributed by atoms with van der Waals surface area (Å²) in [6.45, 7) is 3.33. The summed E-state index contributed by atoms with van der Waals surface area (Å²) >= 11 is 0. The highest BCUT2D eigenvalue weighted by atomic mass is 31.2. The quantitative estimate of drug-likeness (QED) is 0.318. The van der Waals surface area contributed by atoms with Crippen molar-refractivity contribution in [1.29, 1.82) is 0 Å². The number of rotatable bonds is 0. The first-order chi connectivity index (χ1) is 5.39. The van der Waals surface area contributed by atoms with Gasteiger partial charge in [-0.15, -0.1) is 0 Å². The molecule has 1 heterocycles. The van der Waals surface area contributed by atoms with Crippen molar-refractivity contribution in [1.82, 2.24) is 4.81 Å². The van der Waals surface area contributed by atoms with Crippen LogP contribution in [0, 0.1) is 0 Å². The summed E-state index contributed by atoms with van der Waals surface area (Å²) in [5, 5.41) is 0. The van der Waals surface area contributed by atoms with E-state index in [-0.39, 0.29) is 0 Å². The van der Waals surface area contributed by atoms with Gasteiger partial charge in [0.15, 0.2) is 7.98 Å². The monoisotopic (exact) mass is 194 g/mol. The lowest BCUT2D eigenvalue weighted by atomic mass is 10.3. The molecule has 12 heavy (non-hydrogen) atoms. The number of ether oxygens (including phenoxy) is 1. The minimum Gasteiger partial charge on any atom is -0.379 e. The van der Waals surface area contributed by atoms with Crippen molar-refractivity contribution in [3.63, 3.8) is 0 Å². The van der Waals surface area contributed by atoms with Crippen LogP contribution in [-0.2, 0) is 9.30 Å². The molecular formula is C4H12BN2O4P. The van der Waals surface area contributed by atoms with Crippen molar-refractivity contribution in [2.45, 2.75) is 0 Å². The Morgan fingerprint density at radius 2 is 1.75 bits per heavy atom. The maximum Gasteiger partial charge on any atom is 0.397 e. The Balaban J connectivity index is 0.000000217. The van der Waals surface area contributed by atoms with E-state index in [2.05, 4.69) is 5.50 Å². The van der Waals surface area contributed by atoms with E-state index >= 15 is 0 Å². The van der Waals surface area contributed by atoms with Crippen molar-refractivity contribution in [2.75, 3.05) is 26.3 Å². The van der Waals surface area contributed by atoms with Gasteiger partial charge in [-0.25, -0.2) is 10.1 Å². The third-order valence-electron chi connectivity index (χ3n) is 1.05. The molecule has 0 spiro atoms. The lowest BCUT2D eigenvalue weighted by Gasteiger charge is -2.21. The van der Waals surface area contributed by atoms with Gasteiger partial charge in [0.2, 0.25) is 0 Å². The molecule has 0 aromatic rings. The molecule has 0 bridgehead atoms. The van der Waals surface area contributed by atoms with Crippen LogP contribution >= 0.6 is 7.75 Å². The van der Waals surface area contributed by atoms with E-state index in [1.54, 1.807) is 4.81 Å². The average Bonchev–Trinajstić information content (AvgIpc) is 1.85. The van der Waals surface area contributed by atoms with Gasteiger partial charge < -0.3 is 19.3 Å². The van der Waals surface area contributed by atoms with E-state index in [4.69, 9.17) is 27.1 Å². The van der Waals surface area contributed by atoms with Crippen LogP contribution in [0.15, 0.2) is 0 Å². The van der Waals surface area contributed by atoms with Gasteiger partial charge in [0.05, 0.1) is 13.2 Å². The maximum atomic E-state index is 9.10. The van der Waals surface area contributed by atoms with Gasteiger partial charge in [0, 0.05) is 13.1 Å². The Morgan fingerprint density at radius 3 is 1.92 bits per heavy atom. The molecule has 0 aromatic heterocycles. The zero-order valence-corrected chi connectivity index (χ0v) is 7.48. The Bertz CT molecular complexity index is 149. The van der Waals surface area contributed by atoms with Crippen molar-refractivity contribution >= 4 is 15.7 Å². The van der Waals surface area contributed by atoms with Crippen LogP contribution in [0.25, 0.3) is 0 Å². The molecule has 1 fully saturated rings. The lowest BCUT2D eigenvalue weighted by molar-refractivity contribution is 0.0739. The van der Waals surface area contributed by atoms with Crippen molar-refractivity contribution in [3.05, 3.63) is 0 Å². The molecule has 0 aromatic carbocycles.